The number of hydrogen-bond donors (Lipinski definition) is 1. The first-order valence-corrected chi connectivity index (χ1v) is 7.84. The average Bonchev–Trinajstić information content (AvgIpc) is 2.35. The third-order valence-corrected chi connectivity index (χ3v) is 3.42. The van der Waals surface area contributed by atoms with Crippen LogP contribution in [0.2, 0.25) is 0 Å². The van der Waals surface area contributed by atoms with E-state index in [4.69, 9.17) is 0 Å². The van der Waals surface area contributed by atoms with Crippen molar-refractivity contribution < 1.29 is 0 Å². The third-order valence-electron chi connectivity index (χ3n) is 2.98. The molecule has 0 spiro atoms. The fourth-order valence-corrected chi connectivity index (χ4v) is 2.27. The van der Waals surface area contributed by atoms with Gasteiger partial charge in [0.15, 0.2) is 0 Å². The fourth-order valence-electron chi connectivity index (χ4n) is 1.89. The van der Waals surface area contributed by atoms with Gasteiger partial charge in [0.05, 0.1) is 0 Å². The molecule has 0 saturated carbocycles. The second-order valence-electron chi connectivity index (χ2n) is 6.09. The highest BCUT2D eigenvalue weighted by atomic mass is 79.9. The van der Waals surface area contributed by atoms with Crippen molar-refractivity contribution in [2.24, 2.45) is 0 Å². The minimum atomic E-state index is 0.0982. The van der Waals surface area contributed by atoms with Crippen molar-refractivity contribution in [2.75, 3.05) is 18.5 Å². The maximum absolute atomic E-state index is 4.57. The lowest BCUT2D eigenvalue weighted by Crippen LogP contribution is -2.35. The lowest BCUT2D eigenvalue weighted by atomic mass is 10.1. The normalized spacial score (nSPS) is 11.4. The summed E-state index contributed by atoms with van der Waals surface area (Å²) in [5.74, 6) is 1.05. The van der Waals surface area contributed by atoms with E-state index in [-0.39, 0.29) is 5.54 Å². The van der Waals surface area contributed by atoms with Crippen molar-refractivity contribution in [2.45, 2.75) is 45.7 Å². The zero-order chi connectivity index (χ0) is 15.2. The predicted molar refractivity (Wildman–Crippen MR) is 91.2 cm³/mol. The molecule has 1 aromatic rings. The van der Waals surface area contributed by atoms with Crippen molar-refractivity contribution in [3.8, 4) is 0 Å². The molecule has 0 amide bonds. The Morgan fingerprint density at radius 1 is 1.45 bits per heavy atom. The van der Waals surface area contributed by atoms with Crippen LogP contribution in [0.4, 0.5) is 5.82 Å². The van der Waals surface area contributed by atoms with Crippen molar-refractivity contribution in [3.63, 3.8) is 0 Å². The van der Waals surface area contributed by atoms with Gasteiger partial charge in [0, 0.05) is 41.9 Å². The molecule has 0 aliphatic carbocycles. The SMILES string of the molecule is C=CCCCN(C)c1ncc(Br)cc1CNC(C)(C)C. The van der Waals surface area contributed by atoms with E-state index in [0.717, 1.165) is 36.2 Å². The molecule has 1 heterocycles. The summed E-state index contributed by atoms with van der Waals surface area (Å²) in [6, 6.07) is 2.14. The predicted octanol–water partition coefficient (Wildman–Crippen LogP) is 4.13. The van der Waals surface area contributed by atoms with Gasteiger partial charge in [0.2, 0.25) is 0 Å². The summed E-state index contributed by atoms with van der Waals surface area (Å²) in [5.41, 5.74) is 1.32. The molecule has 0 radical (unpaired) electrons. The van der Waals surface area contributed by atoms with Gasteiger partial charge in [-0.1, -0.05) is 6.08 Å². The first kappa shape index (κ1) is 17.2. The summed E-state index contributed by atoms with van der Waals surface area (Å²) in [5, 5.41) is 3.52. The Labute approximate surface area is 131 Å². The van der Waals surface area contributed by atoms with Crippen LogP contribution in [0.1, 0.15) is 39.2 Å². The van der Waals surface area contributed by atoms with Crippen molar-refractivity contribution in [1.82, 2.24) is 10.3 Å². The van der Waals surface area contributed by atoms with Gasteiger partial charge in [0.25, 0.3) is 0 Å². The van der Waals surface area contributed by atoms with Gasteiger partial charge in [-0.15, -0.1) is 6.58 Å². The first-order valence-electron chi connectivity index (χ1n) is 7.05. The Kier molecular flexibility index (Phi) is 6.69. The molecule has 0 saturated heterocycles. The fraction of sp³-hybridized carbons (Fsp3) is 0.562. The van der Waals surface area contributed by atoms with E-state index in [1.165, 1.54) is 5.56 Å². The Hall–Kier alpha value is -0.870. The molecule has 1 rings (SSSR count). The highest BCUT2D eigenvalue weighted by molar-refractivity contribution is 9.10. The van der Waals surface area contributed by atoms with Crippen molar-refractivity contribution in [1.29, 1.82) is 0 Å². The maximum atomic E-state index is 4.57. The summed E-state index contributed by atoms with van der Waals surface area (Å²) in [6.45, 7) is 12.1. The van der Waals surface area contributed by atoms with Crippen LogP contribution in [0.5, 0.6) is 0 Å². The number of halogens is 1. The maximum Gasteiger partial charge on any atom is 0.132 e. The van der Waals surface area contributed by atoms with E-state index < -0.39 is 0 Å². The van der Waals surface area contributed by atoms with E-state index >= 15 is 0 Å². The summed E-state index contributed by atoms with van der Waals surface area (Å²) >= 11 is 3.51. The van der Waals surface area contributed by atoms with Gasteiger partial charge in [-0.2, -0.15) is 0 Å². The largest absolute Gasteiger partial charge is 0.359 e. The Morgan fingerprint density at radius 3 is 2.75 bits per heavy atom. The van der Waals surface area contributed by atoms with E-state index in [1.54, 1.807) is 0 Å². The molecule has 0 bridgehead atoms. The lowest BCUT2D eigenvalue weighted by Gasteiger charge is -2.25. The highest BCUT2D eigenvalue weighted by Gasteiger charge is 2.13. The number of nitrogens with zero attached hydrogens (tertiary/aromatic N) is 2. The van der Waals surface area contributed by atoms with Crippen molar-refractivity contribution in [3.05, 3.63) is 35.0 Å². The van der Waals surface area contributed by atoms with Gasteiger partial charge in [-0.3, -0.25) is 0 Å². The Balaban J connectivity index is 2.80. The third kappa shape index (κ3) is 6.06. The standard InChI is InChI=1S/C16H26BrN3/c1-6-7-8-9-20(5)15-13(10-14(17)12-18-15)11-19-16(2,3)4/h6,10,12,19H,1,7-9,11H2,2-5H3. The Morgan fingerprint density at radius 2 is 2.15 bits per heavy atom. The molecule has 4 heteroatoms. The monoisotopic (exact) mass is 339 g/mol. The van der Waals surface area contributed by atoms with E-state index in [9.17, 15) is 0 Å². The van der Waals surface area contributed by atoms with Crippen molar-refractivity contribution >= 4 is 21.7 Å². The minimum absolute atomic E-state index is 0.0982. The number of aromatic nitrogens is 1. The molecule has 0 unspecified atom stereocenters. The molecular formula is C16H26BrN3. The second kappa shape index (κ2) is 7.79. The molecule has 1 aromatic heterocycles. The zero-order valence-electron chi connectivity index (χ0n) is 13.0. The zero-order valence-corrected chi connectivity index (χ0v) is 14.6. The quantitative estimate of drug-likeness (QED) is 0.597. The number of unbranched alkanes of at least 4 members (excludes halogenated alkanes) is 1. The number of allylic oxidation sites excluding steroid dienone is 1. The van der Waals surface area contributed by atoms with Crippen LogP contribution in [-0.4, -0.2) is 24.1 Å². The molecule has 0 aliphatic heterocycles. The summed E-state index contributed by atoms with van der Waals surface area (Å²) in [6.07, 6.45) is 5.96. The molecule has 112 valence electrons. The second-order valence-corrected chi connectivity index (χ2v) is 7.01. The molecule has 0 aromatic carbocycles. The average molecular weight is 340 g/mol. The number of rotatable bonds is 7. The smallest absolute Gasteiger partial charge is 0.132 e. The molecule has 3 nitrogen and oxygen atoms in total. The summed E-state index contributed by atoms with van der Waals surface area (Å²) in [4.78, 5) is 6.79. The van der Waals surface area contributed by atoms with Gasteiger partial charge in [-0.05, 0) is 55.6 Å². The van der Waals surface area contributed by atoms with Crippen LogP contribution in [0.25, 0.3) is 0 Å². The Bertz CT molecular complexity index is 438. The number of nitrogens with one attached hydrogen (secondary N) is 1. The highest BCUT2D eigenvalue weighted by Crippen LogP contribution is 2.21. The van der Waals surface area contributed by atoms with E-state index in [0.29, 0.717) is 0 Å². The van der Waals surface area contributed by atoms with Gasteiger partial charge < -0.3 is 10.2 Å². The van der Waals surface area contributed by atoms with Crippen LogP contribution in [0.15, 0.2) is 29.4 Å². The van der Waals surface area contributed by atoms with Crippen LogP contribution in [0.3, 0.4) is 0 Å². The molecule has 1 N–H and O–H groups in total. The van der Waals surface area contributed by atoms with E-state index in [2.05, 4.69) is 71.6 Å². The number of pyridine rings is 1. The van der Waals surface area contributed by atoms with Crippen LogP contribution >= 0.6 is 15.9 Å². The molecule has 20 heavy (non-hydrogen) atoms. The molecule has 0 fully saturated rings. The number of hydrogen-bond acceptors (Lipinski definition) is 3. The molecule has 0 aliphatic rings. The number of anilines is 1. The van der Waals surface area contributed by atoms with Gasteiger partial charge >= 0.3 is 0 Å². The van der Waals surface area contributed by atoms with Crippen LogP contribution in [-0.2, 0) is 6.54 Å². The van der Waals surface area contributed by atoms with E-state index in [1.807, 2.05) is 12.3 Å². The summed E-state index contributed by atoms with van der Waals surface area (Å²) in [7, 11) is 2.10. The molecular weight excluding hydrogens is 314 g/mol. The topological polar surface area (TPSA) is 28.2 Å². The van der Waals surface area contributed by atoms with Crippen LogP contribution in [0, 0.1) is 0 Å². The van der Waals surface area contributed by atoms with Gasteiger partial charge in [-0.25, -0.2) is 4.98 Å². The summed E-state index contributed by atoms with van der Waals surface area (Å²) < 4.78 is 1.02. The first-order chi connectivity index (χ1) is 9.33. The van der Waals surface area contributed by atoms with Crippen LogP contribution < -0.4 is 10.2 Å². The lowest BCUT2D eigenvalue weighted by molar-refractivity contribution is 0.424. The molecule has 0 atom stereocenters. The van der Waals surface area contributed by atoms with Gasteiger partial charge in [0.1, 0.15) is 5.82 Å². The minimum Gasteiger partial charge on any atom is -0.359 e.